The number of nitrogens with zero attached hydrogens (tertiary/aromatic N) is 2. The first-order chi connectivity index (χ1) is 9.35. The van der Waals surface area contributed by atoms with Gasteiger partial charge in [0.05, 0.1) is 6.54 Å². The predicted octanol–water partition coefficient (Wildman–Crippen LogP) is 2.46. The summed E-state index contributed by atoms with van der Waals surface area (Å²) in [4.78, 5) is 7.00. The van der Waals surface area contributed by atoms with Crippen LogP contribution in [0, 0.1) is 5.92 Å². The summed E-state index contributed by atoms with van der Waals surface area (Å²) < 4.78 is 0. The third-order valence-electron chi connectivity index (χ3n) is 4.54. The Balaban J connectivity index is 2.55. The highest BCUT2D eigenvalue weighted by Crippen LogP contribution is 2.23. The van der Waals surface area contributed by atoms with E-state index >= 15 is 0 Å². The molecule has 1 saturated carbocycles. The summed E-state index contributed by atoms with van der Waals surface area (Å²) in [7, 11) is 4.22. The molecule has 0 aromatic heterocycles. The van der Waals surface area contributed by atoms with E-state index in [-0.39, 0.29) is 5.54 Å². The summed E-state index contributed by atoms with van der Waals surface area (Å²) >= 11 is 0. The van der Waals surface area contributed by atoms with Crippen molar-refractivity contribution < 1.29 is 0 Å². The number of nitrogens with one attached hydrogen (secondary N) is 2. The number of hydrogen-bond acceptors (Lipinski definition) is 2. The first-order valence-electron chi connectivity index (χ1n) is 8.07. The summed E-state index contributed by atoms with van der Waals surface area (Å²) in [6.07, 6.45) is 5.20. The number of rotatable bonds is 5. The maximum absolute atomic E-state index is 4.77. The van der Waals surface area contributed by atoms with Crippen molar-refractivity contribution in [2.45, 2.75) is 65.0 Å². The van der Waals surface area contributed by atoms with Crippen molar-refractivity contribution in [3.63, 3.8) is 0 Å². The lowest BCUT2D eigenvalue weighted by Crippen LogP contribution is -2.47. The van der Waals surface area contributed by atoms with Crippen LogP contribution >= 0.6 is 0 Å². The second-order valence-corrected chi connectivity index (χ2v) is 7.00. The molecule has 4 nitrogen and oxygen atoms in total. The number of aliphatic imine (C=N–C) groups is 1. The Hall–Kier alpha value is -0.770. The largest absolute Gasteiger partial charge is 0.357 e. The van der Waals surface area contributed by atoms with Crippen molar-refractivity contribution in [3.8, 4) is 0 Å². The molecule has 118 valence electrons. The van der Waals surface area contributed by atoms with Crippen LogP contribution in [0.5, 0.6) is 0 Å². The van der Waals surface area contributed by atoms with Crippen molar-refractivity contribution in [1.82, 2.24) is 15.5 Å². The van der Waals surface area contributed by atoms with E-state index in [0.717, 1.165) is 25.0 Å². The Morgan fingerprint density at radius 1 is 1.20 bits per heavy atom. The molecule has 1 aliphatic rings. The quantitative estimate of drug-likeness (QED) is 0.601. The molecular formula is C16H34N4. The molecule has 0 saturated heterocycles. The third-order valence-corrected chi connectivity index (χ3v) is 4.54. The Kier molecular flexibility index (Phi) is 6.80. The van der Waals surface area contributed by atoms with Gasteiger partial charge >= 0.3 is 0 Å². The molecule has 0 unspecified atom stereocenters. The van der Waals surface area contributed by atoms with Crippen LogP contribution in [0.3, 0.4) is 0 Å². The van der Waals surface area contributed by atoms with Crippen molar-refractivity contribution in [2.24, 2.45) is 10.9 Å². The van der Waals surface area contributed by atoms with Gasteiger partial charge < -0.3 is 15.5 Å². The zero-order valence-corrected chi connectivity index (χ0v) is 14.3. The van der Waals surface area contributed by atoms with E-state index in [4.69, 9.17) is 4.99 Å². The van der Waals surface area contributed by atoms with Crippen LogP contribution in [0.4, 0.5) is 0 Å². The second kappa shape index (κ2) is 7.87. The van der Waals surface area contributed by atoms with Gasteiger partial charge in [-0.25, -0.2) is 0 Å². The molecule has 0 radical (unpaired) electrons. The average molecular weight is 282 g/mol. The van der Waals surface area contributed by atoms with Crippen LogP contribution < -0.4 is 10.6 Å². The van der Waals surface area contributed by atoms with Crippen molar-refractivity contribution in [2.75, 3.05) is 27.2 Å². The van der Waals surface area contributed by atoms with Crippen LogP contribution in [-0.4, -0.2) is 49.6 Å². The molecule has 0 aromatic carbocycles. The molecule has 0 heterocycles. The first-order valence-corrected chi connectivity index (χ1v) is 8.07. The van der Waals surface area contributed by atoms with Crippen molar-refractivity contribution in [1.29, 1.82) is 0 Å². The van der Waals surface area contributed by atoms with Gasteiger partial charge in [-0.3, -0.25) is 4.99 Å². The van der Waals surface area contributed by atoms with E-state index in [1.165, 1.54) is 25.7 Å². The Labute approximate surface area is 125 Å². The fourth-order valence-corrected chi connectivity index (χ4v) is 2.33. The third kappa shape index (κ3) is 5.70. The van der Waals surface area contributed by atoms with Gasteiger partial charge in [-0.05, 0) is 66.5 Å². The van der Waals surface area contributed by atoms with Crippen LogP contribution in [0.2, 0.25) is 0 Å². The molecule has 1 fully saturated rings. The molecule has 4 heteroatoms. The fourth-order valence-electron chi connectivity index (χ4n) is 2.33. The SMILES string of the molecule is CCNC(=NCC(C)(C)N(C)C)NC1CCC(C)CC1. The highest BCUT2D eigenvalue weighted by atomic mass is 15.2. The van der Waals surface area contributed by atoms with Gasteiger partial charge in [0.25, 0.3) is 0 Å². The summed E-state index contributed by atoms with van der Waals surface area (Å²) in [6.45, 7) is 10.6. The highest BCUT2D eigenvalue weighted by Gasteiger charge is 2.21. The van der Waals surface area contributed by atoms with Gasteiger partial charge in [0.15, 0.2) is 5.96 Å². The molecule has 0 atom stereocenters. The van der Waals surface area contributed by atoms with Gasteiger partial charge in [0.1, 0.15) is 0 Å². The first kappa shape index (κ1) is 17.3. The minimum atomic E-state index is 0.0867. The number of hydrogen-bond donors (Lipinski definition) is 2. The normalized spacial score (nSPS) is 24.9. The van der Waals surface area contributed by atoms with Crippen LogP contribution in [0.15, 0.2) is 4.99 Å². The summed E-state index contributed by atoms with van der Waals surface area (Å²) in [5.74, 6) is 1.86. The topological polar surface area (TPSA) is 39.7 Å². The molecule has 0 aromatic rings. The van der Waals surface area contributed by atoms with E-state index in [0.29, 0.717) is 6.04 Å². The second-order valence-electron chi connectivity index (χ2n) is 7.00. The monoisotopic (exact) mass is 282 g/mol. The lowest BCUT2D eigenvalue weighted by atomic mass is 9.87. The van der Waals surface area contributed by atoms with Gasteiger partial charge in [-0.15, -0.1) is 0 Å². The van der Waals surface area contributed by atoms with Crippen LogP contribution in [-0.2, 0) is 0 Å². The van der Waals surface area contributed by atoms with Crippen molar-refractivity contribution >= 4 is 5.96 Å². The molecule has 20 heavy (non-hydrogen) atoms. The molecule has 1 aliphatic carbocycles. The smallest absolute Gasteiger partial charge is 0.191 e. The maximum atomic E-state index is 4.77. The van der Waals surface area contributed by atoms with E-state index in [1.54, 1.807) is 0 Å². The summed E-state index contributed by atoms with van der Waals surface area (Å²) in [5, 5.41) is 6.98. The van der Waals surface area contributed by atoms with Crippen molar-refractivity contribution in [3.05, 3.63) is 0 Å². The van der Waals surface area contributed by atoms with Crippen LogP contribution in [0.25, 0.3) is 0 Å². The van der Waals surface area contributed by atoms with E-state index < -0.39 is 0 Å². The standard InChI is InChI=1S/C16H34N4/c1-7-17-15(18-12-16(3,4)20(5)6)19-14-10-8-13(2)9-11-14/h13-14H,7-12H2,1-6H3,(H2,17,18,19). The van der Waals surface area contributed by atoms with Gasteiger partial charge in [0.2, 0.25) is 0 Å². The van der Waals surface area contributed by atoms with Gasteiger partial charge in [-0.1, -0.05) is 6.92 Å². The zero-order chi connectivity index (χ0) is 15.2. The Morgan fingerprint density at radius 3 is 2.30 bits per heavy atom. The molecular weight excluding hydrogens is 248 g/mol. The lowest BCUT2D eigenvalue weighted by molar-refractivity contribution is 0.204. The zero-order valence-electron chi connectivity index (χ0n) is 14.3. The van der Waals surface area contributed by atoms with Gasteiger partial charge in [-0.2, -0.15) is 0 Å². The highest BCUT2D eigenvalue weighted by molar-refractivity contribution is 5.80. The van der Waals surface area contributed by atoms with E-state index in [9.17, 15) is 0 Å². The number of likely N-dealkylation sites (N-methyl/N-ethyl adjacent to an activating group) is 1. The van der Waals surface area contributed by atoms with E-state index in [2.05, 4.69) is 57.3 Å². The van der Waals surface area contributed by atoms with E-state index in [1.807, 2.05) is 0 Å². The summed E-state index contributed by atoms with van der Waals surface area (Å²) in [5.41, 5.74) is 0.0867. The molecule has 0 spiro atoms. The molecule has 1 rings (SSSR count). The molecule has 0 bridgehead atoms. The molecule has 0 aliphatic heterocycles. The van der Waals surface area contributed by atoms with Gasteiger partial charge in [0, 0.05) is 18.1 Å². The fraction of sp³-hybridized carbons (Fsp3) is 0.938. The lowest BCUT2D eigenvalue weighted by Gasteiger charge is -2.32. The Bertz CT molecular complexity index is 302. The average Bonchev–Trinajstić information content (AvgIpc) is 2.39. The minimum absolute atomic E-state index is 0.0867. The minimum Gasteiger partial charge on any atom is -0.357 e. The maximum Gasteiger partial charge on any atom is 0.191 e. The Morgan fingerprint density at radius 2 is 1.80 bits per heavy atom. The van der Waals surface area contributed by atoms with Crippen LogP contribution in [0.1, 0.15) is 53.4 Å². The molecule has 0 amide bonds. The predicted molar refractivity (Wildman–Crippen MR) is 88.3 cm³/mol. The molecule has 2 N–H and O–H groups in total. The summed E-state index contributed by atoms with van der Waals surface area (Å²) in [6, 6.07) is 0.589. The number of guanidine groups is 1.